The van der Waals surface area contributed by atoms with Crippen LogP contribution in [0.2, 0.25) is 0 Å². The summed E-state index contributed by atoms with van der Waals surface area (Å²) in [6.45, 7) is 1.94. The van der Waals surface area contributed by atoms with Crippen molar-refractivity contribution in [1.29, 1.82) is 0 Å². The van der Waals surface area contributed by atoms with Crippen LogP contribution in [0, 0.1) is 5.82 Å². The van der Waals surface area contributed by atoms with Gasteiger partial charge in [0.25, 0.3) is 5.91 Å². The maximum Gasteiger partial charge on any atom is 0.261 e. The van der Waals surface area contributed by atoms with Crippen molar-refractivity contribution in [3.8, 4) is 0 Å². The molecule has 1 amide bonds. The fourth-order valence-corrected chi connectivity index (χ4v) is 4.15. The molecule has 2 aromatic rings. The van der Waals surface area contributed by atoms with E-state index >= 15 is 0 Å². The van der Waals surface area contributed by atoms with Crippen molar-refractivity contribution in [1.82, 2.24) is 10.6 Å². The first-order chi connectivity index (χ1) is 9.70. The average molecular weight is 292 g/mol. The zero-order valence-electron chi connectivity index (χ0n) is 11.3. The molecule has 0 unspecified atom stereocenters. The Hall–Kier alpha value is -1.46. The number of thiophene rings is 1. The van der Waals surface area contributed by atoms with Crippen molar-refractivity contribution in [3.05, 3.63) is 34.5 Å². The summed E-state index contributed by atoms with van der Waals surface area (Å²) >= 11 is 1.39. The quantitative estimate of drug-likeness (QED) is 0.893. The van der Waals surface area contributed by atoms with Gasteiger partial charge in [0.05, 0.1) is 4.88 Å². The van der Waals surface area contributed by atoms with Crippen LogP contribution in [0.15, 0.2) is 18.2 Å². The molecule has 2 N–H and O–H groups in total. The summed E-state index contributed by atoms with van der Waals surface area (Å²) in [7, 11) is 1.64. The van der Waals surface area contributed by atoms with Gasteiger partial charge in [0.1, 0.15) is 5.82 Å². The highest BCUT2D eigenvalue weighted by Crippen LogP contribution is 2.39. The molecule has 1 saturated heterocycles. The largest absolute Gasteiger partial charge is 0.354 e. The smallest absolute Gasteiger partial charge is 0.261 e. The van der Waals surface area contributed by atoms with Gasteiger partial charge in [0.15, 0.2) is 0 Å². The number of hydrogen-bond donors (Lipinski definition) is 2. The molecule has 20 heavy (non-hydrogen) atoms. The Balaban J connectivity index is 2.16. The van der Waals surface area contributed by atoms with Gasteiger partial charge < -0.3 is 10.6 Å². The van der Waals surface area contributed by atoms with Crippen LogP contribution in [-0.2, 0) is 0 Å². The number of halogens is 1. The van der Waals surface area contributed by atoms with E-state index in [1.807, 2.05) is 6.07 Å². The molecule has 106 valence electrons. The molecule has 0 spiro atoms. The third-order valence-corrected chi connectivity index (χ3v) is 5.04. The van der Waals surface area contributed by atoms with E-state index in [-0.39, 0.29) is 11.7 Å². The van der Waals surface area contributed by atoms with Crippen LogP contribution in [0.25, 0.3) is 10.1 Å². The molecule has 5 heteroatoms. The van der Waals surface area contributed by atoms with Crippen LogP contribution in [0.3, 0.4) is 0 Å². The van der Waals surface area contributed by atoms with E-state index in [1.165, 1.54) is 23.5 Å². The first-order valence-corrected chi connectivity index (χ1v) is 7.67. The maximum atomic E-state index is 13.4. The van der Waals surface area contributed by atoms with Crippen molar-refractivity contribution in [2.45, 2.75) is 18.8 Å². The highest BCUT2D eigenvalue weighted by atomic mass is 32.1. The third-order valence-electron chi connectivity index (χ3n) is 3.87. The highest BCUT2D eigenvalue weighted by Gasteiger charge is 2.25. The van der Waals surface area contributed by atoms with Crippen LogP contribution in [-0.4, -0.2) is 26.0 Å². The Morgan fingerprint density at radius 3 is 2.85 bits per heavy atom. The molecule has 0 saturated carbocycles. The van der Waals surface area contributed by atoms with E-state index in [4.69, 9.17) is 0 Å². The van der Waals surface area contributed by atoms with Crippen molar-refractivity contribution < 1.29 is 9.18 Å². The van der Waals surface area contributed by atoms with Crippen molar-refractivity contribution >= 4 is 27.3 Å². The molecule has 0 bridgehead atoms. The minimum atomic E-state index is -0.251. The molecule has 0 atom stereocenters. The Labute approximate surface area is 121 Å². The zero-order chi connectivity index (χ0) is 14.1. The van der Waals surface area contributed by atoms with Gasteiger partial charge in [-0.1, -0.05) is 6.07 Å². The van der Waals surface area contributed by atoms with Gasteiger partial charge in [-0.15, -0.1) is 11.3 Å². The van der Waals surface area contributed by atoms with E-state index < -0.39 is 0 Å². The second kappa shape index (κ2) is 5.50. The second-order valence-electron chi connectivity index (χ2n) is 5.09. The standard InChI is InChI=1S/C15H17FN2OS/c1-17-15(19)14-13(9-4-6-18-7-5-9)11-3-2-10(16)8-12(11)20-14/h2-3,8-9,18H,4-7H2,1H3,(H,17,19). The third kappa shape index (κ3) is 2.31. The van der Waals surface area contributed by atoms with Gasteiger partial charge in [-0.2, -0.15) is 0 Å². The zero-order valence-corrected chi connectivity index (χ0v) is 12.1. The summed E-state index contributed by atoms with van der Waals surface area (Å²) in [6, 6.07) is 4.81. The summed E-state index contributed by atoms with van der Waals surface area (Å²) in [5.41, 5.74) is 1.10. The number of nitrogens with one attached hydrogen (secondary N) is 2. The van der Waals surface area contributed by atoms with E-state index in [0.717, 1.165) is 46.5 Å². The van der Waals surface area contributed by atoms with E-state index in [2.05, 4.69) is 10.6 Å². The van der Waals surface area contributed by atoms with Crippen LogP contribution in [0.5, 0.6) is 0 Å². The lowest BCUT2D eigenvalue weighted by Crippen LogP contribution is -2.28. The summed E-state index contributed by atoms with van der Waals surface area (Å²) in [5, 5.41) is 7.07. The molecule has 2 heterocycles. The molecular weight excluding hydrogens is 275 g/mol. The van der Waals surface area contributed by atoms with Gasteiger partial charge in [-0.3, -0.25) is 4.79 Å². The summed E-state index contributed by atoms with van der Waals surface area (Å²) in [5.74, 6) is 0.0574. The van der Waals surface area contributed by atoms with Gasteiger partial charge in [-0.05, 0) is 54.9 Å². The fraction of sp³-hybridized carbons (Fsp3) is 0.400. The molecule has 1 fully saturated rings. The number of carbonyl (C=O) groups excluding carboxylic acids is 1. The normalized spacial score (nSPS) is 16.5. The minimum absolute atomic E-state index is 0.0693. The molecular formula is C15H17FN2OS. The average Bonchev–Trinajstić information content (AvgIpc) is 2.85. The molecule has 1 aromatic heterocycles. The van der Waals surface area contributed by atoms with Gasteiger partial charge in [0, 0.05) is 11.7 Å². The van der Waals surface area contributed by atoms with Crippen LogP contribution in [0.1, 0.15) is 34.0 Å². The number of fused-ring (bicyclic) bond motifs is 1. The summed E-state index contributed by atoms with van der Waals surface area (Å²) in [4.78, 5) is 12.9. The number of hydrogen-bond acceptors (Lipinski definition) is 3. The number of benzene rings is 1. The lowest BCUT2D eigenvalue weighted by Gasteiger charge is -2.23. The van der Waals surface area contributed by atoms with Crippen LogP contribution < -0.4 is 10.6 Å². The van der Waals surface area contributed by atoms with E-state index in [0.29, 0.717) is 5.92 Å². The molecule has 3 nitrogen and oxygen atoms in total. The van der Waals surface area contributed by atoms with E-state index in [9.17, 15) is 9.18 Å². The van der Waals surface area contributed by atoms with Crippen molar-refractivity contribution in [2.75, 3.05) is 20.1 Å². The van der Waals surface area contributed by atoms with E-state index in [1.54, 1.807) is 7.05 Å². The van der Waals surface area contributed by atoms with Crippen molar-refractivity contribution in [3.63, 3.8) is 0 Å². The second-order valence-corrected chi connectivity index (χ2v) is 6.14. The molecule has 1 aliphatic heterocycles. The first-order valence-electron chi connectivity index (χ1n) is 6.85. The topological polar surface area (TPSA) is 41.1 Å². The van der Waals surface area contributed by atoms with Crippen LogP contribution >= 0.6 is 11.3 Å². The minimum Gasteiger partial charge on any atom is -0.354 e. The first kappa shape index (κ1) is 13.5. The van der Waals surface area contributed by atoms with Gasteiger partial charge in [0.2, 0.25) is 0 Å². The summed E-state index contributed by atoms with van der Waals surface area (Å²) < 4.78 is 14.3. The Morgan fingerprint density at radius 2 is 2.15 bits per heavy atom. The number of carbonyl (C=O) groups is 1. The SMILES string of the molecule is CNC(=O)c1sc2cc(F)ccc2c1C1CCNCC1. The molecule has 0 aliphatic carbocycles. The number of rotatable bonds is 2. The molecule has 0 radical (unpaired) electrons. The van der Waals surface area contributed by atoms with Crippen molar-refractivity contribution in [2.24, 2.45) is 0 Å². The predicted octanol–water partition coefficient (Wildman–Crippen LogP) is 2.87. The Bertz CT molecular complexity index is 647. The Morgan fingerprint density at radius 1 is 1.40 bits per heavy atom. The molecule has 1 aliphatic rings. The predicted molar refractivity (Wildman–Crippen MR) is 80.0 cm³/mol. The molecule has 1 aromatic carbocycles. The number of amides is 1. The fourth-order valence-electron chi connectivity index (χ4n) is 2.89. The maximum absolute atomic E-state index is 13.4. The van der Waals surface area contributed by atoms with Gasteiger partial charge in [-0.25, -0.2) is 4.39 Å². The van der Waals surface area contributed by atoms with Gasteiger partial charge >= 0.3 is 0 Å². The summed E-state index contributed by atoms with van der Waals surface area (Å²) in [6.07, 6.45) is 2.04. The Kier molecular flexibility index (Phi) is 3.72. The lowest BCUT2D eigenvalue weighted by molar-refractivity contribution is 0.0965. The lowest BCUT2D eigenvalue weighted by atomic mass is 9.88. The molecule has 3 rings (SSSR count). The number of piperidine rings is 1. The monoisotopic (exact) mass is 292 g/mol. The highest BCUT2D eigenvalue weighted by molar-refractivity contribution is 7.21. The van der Waals surface area contributed by atoms with Crippen LogP contribution in [0.4, 0.5) is 4.39 Å².